The first-order valence-corrected chi connectivity index (χ1v) is 15.7. The molecule has 7 nitrogen and oxygen atoms in total. The number of halogens is 1. The standard InChI is InChI=1S/C33H38ClN3O4S/c1-33(2,3)22-8-13-25-28(18-22)42-32(30(25)31(39)36-24-11-9-23(34)10-12-24)35-19-21-7-14-26(27(17-21)40-4)41-20-29(38)37-15-5-6-16-37/h7,9-12,14,17,19,22H,5-6,8,13,15-16,18,20H2,1-4H3,(H,36,39)/t22-/m1/s1. The number of hydrogen-bond acceptors (Lipinski definition) is 6. The molecule has 1 aliphatic carbocycles. The fraction of sp³-hybridized carbons (Fsp3) is 0.424. The van der Waals surface area contributed by atoms with Gasteiger partial charge in [-0.2, -0.15) is 0 Å². The summed E-state index contributed by atoms with van der Waals surface area (Å²) in [5.41, 5.74) is 3.42. The third-order valence-corrected chi connectivity index (χ3v) is 9.54. The Morgan fingerprint density at radius 2 is 1.86 bits per heavy atom. The number of likely N-dealkylation sites (tertiary alicyclic amines) is 1. The maximum absolute atomic E-state index is 13.6. The van der Waals surface area contributed by atoms with Crippen molar-refractivity contribution >= 4 is 51.7 Å². The van der Waals surface area contributed by atoms with Gasteiger partial charge in [0, 0.05) is 34.9 Å². The van der Waals surface area contributed by atoms with Crippen molar-refractivity contribution in [2.45, 2.75) is 52.9 Å². The highest BCUT2D eigenvalue weighted by molar-refractivity contribution is 7.16. The van der Waals surface area contributed by atoms with Crippen LogP contribution in [0.5, 0.6) is 11.5 Å². The lowest BCUT2D eigenvalue weighted by molar-refractivity contribution is -0.132. The van der Waals surface area contributed by atoms with Gasteiger partial charge in [0.05, 0.1) is 12.7 Å². The van der Waals surface area contributed by atoms with E-state index in [1.165, 1.54) is 4.88 Å². The number of nitrogens with one attached hydrogen (secondary N) is 1. The van der Waals surface area contributed by atoms with Crippen LogP contribution in [0.15, 0.2) is 47.5 Å². The second kappa shape index (κ2) is 12.9. The molecule has 1 fully saturated rings. The van der Waals surface area contributed by atoms with E-state index in [1.54, 1.807) is 55.0 Å². The molecule has 222 valence electrons. The Labute approximate surface area is 256 Å². The molecule has 2 aromatic carbocycles. The van der Waals surface area contributed by atoms with E-state index < -0.39 is 0 Å². The van der Waals surface area contributed by atoms with Crippen LogP contribution in [0.1, 0.15) is 66.4 Å². The fourth-order valence-corrected chi connectivity index (χ4v) is 6.97. The number of carbonyl (C=O) groups is 2. The van der Waals surface area contributed by atoms with Gasteiger partial charge in [-0.1, -0.05) is 32.4 Å². The van der Waals surface area contributed by atoms with Crippen molar-refractivity contribution in [2.24, 2.45) is 16.3 Å². The minimum atomic E-state index is -0.167. The van der Waals surface area contributed by atoms with Gasteiger partial charge in [0.2, 0.25) is 0 Å². The van der Waals surface area contributed by atoms with Gasteiger partial charge >= 0.3 is 0 Å². The highest BCUT2D eigenvalue weighted by Crippen LogP contribution is 2.45. The van der Waals surface area contributed by atoms with Gasteiger partial charge in [-0.25, -0.2) is 4.99 Å². The summed E-state index contributed by atoms with van der Waals surface area (Å²) in [5, 5.41) is 4.34. The Morgan fingerprint density at radius 1 is 1.12 bits per heavy atom. The summed E-state index contributed by atoms with van der Waals surface area (Å²) in [6.45, 7) is 8.41. The minimum absolute atomic E-state index is 0.0139. The lowest BCUT2D eigenvalue weighted by atomic mass is 9.72. The molecule has 42 heavy (non-hydrogen) atoms. The number of thiophene rings is 1. The molecule has 2 aliphatic rings. The van der Waals surface area contributed by atoms with Gasteiger partial charge < -0.3 is 19.7 Å². The van der Waals surface area contributed by atoms with Crippen LogP contribution in [0.4, 0.5) is 10.7 Å². The van der Waals surface area contributed by atoms with E-state index in [0.29, 0.717) is 38.7 Å². The van der Waals surface area contributed by atoms with E-state index in [0.717, 1.165) is 56.3 Å². The number of ether oxygens (including phenoxy) is 2. The van der Waals surface area contributed by atoms with Crippen LogP contribution < -0.4 is 14.8 Å². The van der Waals surface area contributed by atoms with Crippen LogP contribution in [0.25, 0.3) is 0 Å². The van der Waals surface area contributed by atoms with Crippen molar-refractivity contribution in [3.63, 3.8) is 0 Å². The highest BCUT2D eigenvalue weighted by Gasteiger charge is 2.33. The van der Waals surface area contributed by atoms with Crippen molar-refractivity contribution < 1.29 is 19.1 Å². The van der Waals surface area contributed by atoms with Crippen LogP contribution in [0.2, 0.25) is 5.02 Å². The Bertz CT molecular complexity index is 1470. The molecule has 0 unspecified atom stereocenters. The van der Waals surface area contributed by atoms with Gasteiger partial charge in [-0.05, 0) is 97.0 Å². The van der Waals surface area contributed by atoms with Crippen molar-refractivity contribution in [1.29, 1.82) is 0 Å². The first-order chi connectivity index (χ1) is 20.1. The SMILES string of the molecule is COc1cc(C=Nc2sc3c(c2C(=O)Nc2ccc(Cl)cc2)CC[C@@H](C(C)(C)C)C3)ccc1OCC(=O)N1CCCC1. The zero-order chi connectivity index (χ0) is 29.9. The molecule has 0 saturated carbocycles. The largest absolute Gasteiger partial charge is 0.493 e. The number of benzene rings is 2. The maximum atomic E-state index is 13.6. The predicted octanol–water partition coefficient (Wildman–Crippen LogP) is 7.57. The van der Waals surface area contributed by atoms with Crippen molar-refractivity contribution in [1.82, 2.24) is 4.90 Å². The summed E-state index contributed by atoms with van der Waals surface area (Å²) >= 11 is 7.64. The van der Waals surface area contributed by atoms with Crippen LogP contribution in [-0.2, 0) is 17.6 Å². The molecule has 1 N–H and O–H groups in total. The summed E-state index contributed by atoms with van der Waals surface area (Å²) in [5.74, 6) is 1.39. The number of hydrogen-bond donors (Lipinski definition) is 1. The molecule has 1 atom stereocenters. The molecule has 1 saturated heterocycles. The first kappa shape index (κ1) is 30.1. The highest BCUT2D eigenvalue weighted by atomic mass is 35.5. The van der Waals surface area contributed by atoms with Gasteiger partial charge in [-0.3, -0.25) is 9.59 Å². The summed E-state index contributed by atoms with van der Waals surface area (Å²) in [4.78, 5) is 34.0. The van der Waals surface area contributed by atoms with Crippen molar-refractivity contribution in [3.8, 4) is 11.5 Å². The van der Waals surface area contributed by atoms with Crippen LogP contribution in [-0.4, -0.2) is 49.7 Å². The Hall–Kier alpha value is -3.36. The number of rotatable bonds is 8. The van der Waals surface area contributed by atoms with Gasteiger partial charge in [0.1, 0.15) is 5.00 Å². The molecule has 1 aromatic heterocycles. The summed E-state index contributed by atoms with van der Waals surface area (Å²) in [6, 6.07) is 12.6. The normalized spacial score (nSPS) is 16.9. The van der Waals surface area contributed by atoms with Crippen LogP contribution in [0, 0.1) is 11.3 Å². The molecule has 0 radical (unpaired) electrons. The van der Waals surface area contributed by atoms with Crippen LogP contribution >= 0.6 is 22.9 Å². The number of amides is 2. The monoisotopic (exact) mass is 607 g/mol. The number of nitrogens with zero attached hydrogens (tertiary/aromatic N) is 2. The average Bonchev–Trinajstić information content (AvgIpc) is 3.64. The summed E-state index contributed by atoms with van der Waals surface area (Å²) < 4.78 is 11.4. The predicted molar refractivity (Wildman–Crippen MR) is 170 cm³/mol. The minimum Gasteiger partial charge on any atom is -0.493 e. The maximum Gasteiger partial charge on any atom is 0.260 e. The van der Waals surface area contributed by atoms with Crippen molar-refractivity contribution in [3.05, 3.63) is 69.1 Å². The zero-order valence-electron chi connectivity index (χ0n) is 24.7. The average molecular weight is 608 g/mol. The molecule has 0 bridgehead atoms. The molecule has 2 heterocycles. The molecular weight excluding hydrogens is 570 g/mol. The molecule has 3 aromatic rings. The summed E-state index contributed by atoms with van der Waals surface area (Å²) in [6.07, 6.45) is 6.66. The first-order valence-electron chi connectivity index (χ1n) is 14.5. The number of carbonyl (C=O) groups excluding carboxylic acids is 2. The molecule has 5 rings (SSSR count). The van der Waals surface area contributed by atoms with E-state index >= 15 is 0 Å². The molecule has 2 amide bonds. The molecular formula is C33H38ClN3O4S. The molecule has 0 spiro atoms. The van der Waals surface area contributed by atoms with Crippen molar-refractivity contribution in [2.75, 3.05) is 32.1 Å². The van der Waals surface area contributed by atoms with Gasteiger partial charge in [0.15, 0.2) is 18.1 Å². The van der Waals surface area contributed by atoms with E-state index in [2.05, 4.69) is 26.1 Å². The number of anilines is 1. The topological polar surface area (TPSA) is 80.2 Å². The Morgan fingerprint density at radius 3 is 2.55 bits per heavy atom. The lowest BCUT2D eigenvalue weighted by Crippen LogP contribution is -2.32. The molecule has 9 heteroatoms. The van der Waals surface area contributed by atoms with Gasteiger partial charge in [0.25, 0.3) is 11.8 Å². The fourth-order valence-electron chi connectivity index (χ4n) is 5.58. The molecule has 1 aliphatic heterocycles. The zero-order valence-corrected chi connectivity index (χ0v) is 26.2. The quantitative estimate of drug-likeness (QED) is 0.268. The van der Waals surface area contributed by atoms with E-state index in [9.17, 15) is 9.59 Å². The van der Waals surface area contributed by atoms with E-state index in [4.69, 9.17) is 26.1 Å². The van der Waals surface area contributed by atoms with Gasteiger partial charge in [-0.15, -0.1) is 11.3 Å². The number of methoxy groups -OCH3 is 1. The second-order valence-electron chi connectivity index (χ2n) is 12.0. The Kier molecular flexibility index (Phi) is 9.23. The lowest BCUT2D eigenvalue weighted by Gasteiger charge is -2.33. The second-order valence-corrected chi connectivity index (χ2v) is 13.5. The van der Waals surface area contributed by atoms with Crippen LogP contribution in [0.3, 0.4) is 0 Å². The Balaban J connectivity index is 1.39. The van der Waals surface area contributed by atoms with E-state index in [-0.39, 0.29) is 23.8 Å². The summed E-state index contributed by atoms with van der Waals surface area (Å²) in [7, 11) is 1.57. The third-order valence-electron chi connectivity index (χ3n) is 8.13. The number of fused-ring (bicyclic) bond motifs is 1. The third kappa shape index (κ3) is 6.98. The number of aliphatic imine (C=N–C) groups is 1. The van der Waals surface area contributed by atoms with E-state index in [1.807, 2.05) is 17.0 Å². The smallest absolute Gasteiger partial charge is 0.260 e.